The van der Waals surface area contributed by atoms with Crippen LogP contribution in [-0.4, -0.2) is 49.0 Å². The molecule has 2 aromatic carbocycles. The summed E-state index contributed by atoms with van der Waals surface area (Å²) in [6.45, 7) is 3.31. The molecular formula is C24H29N3O5. The molecule has 0 saturated carbocycles. The molecule has 0 spiro atoms. The van der Waals surface area contributed by atoms with Gasteiger partial charge in [0.1, 0.15) is 17.0 Å². The summed E-state index contributed by atoms with van der Waals surface area (Å²) in [5.74, 6) is 0.907. The minimum absolute atomic E-state index is 0.0184. The first kappa shape index (κ1) is 23.1. The molecule has 1 aliphatic rings. The Morgan fingerprint density at radius 1 is 1.00 bits per heavy atom. The summed E-state index contributed by atoms with van der Waals surface area (Å²) in [5.41, 5.74) is 1.00. The molecule has 0 aromatic heterocycles. The Labute approximate surface area is 187 Å². The van der Waals surface area contributed by atoms with Crippen LogP contribution in [0.3, 0.4) is 0 Å². The van der Waals surface area contributed by atoms with Gasteiger partial charge in [-0.2, -0.15) is 0 Å². The van der Waals surface area contributed by atoms with Gasteiger partial charge in [0.2, 0.25) is 5.91 Å². The number of hydrogen-bond acceptors (Lipinski definition) is 5. The van der Waals surface area contributed by atoms with E-state index in [-0.39, 0.29) is 30.8 Å². The zero-order valence-electron chi connectivity index (χ0n) is 18.8. The van der Waals surface area contributed by atoms with Gasteiger partial charge >= 0.3 is 6.03 Å². The van der Waals surface area contributed by atoms with E-state index in [1.54, 1.807) is 28.1 Å². The van der Waals surface area contributed by atoms with E-state index in [1.165, 1.54) is 0 Å². The van der Waals surface area contributed by atoms with Gasteiger partial charge in [-0.15, -0.1) is 0 Å². The van der Waals surface area contributed by atoms with Gasteiger partial charge in [-0.25, -0.2) is 4.79 Å². The van der Waals surface area contributed by atoms with Crippen LogP contribution >= 0.6 is 0 Å². The average molecular weight is 440 g/mol. The van der Waals surface area contributed by atoms with Gasteiger partial charge < -0.3 is 20.1 Å². The molecule has 32 heavy (non-hydrogen) atoms. The van der Waals surface area contributed by atoms with Crippen molar-refractivity contribution in [3.63, 3.8) is 0 Å². The number of urea groups is 1. The number of amides is 4. The van der Waals surface area contributed by atoms with E-state index in [0.29, 0.717) is 6.42 Å². The fourth-order valence-corrected chi connectivity index (χ4v) is 3.59. The predicted octanol–water partition coefficient (Wildman–Crippen LogP) is 2.82. The molecule has 170 valence electrons. The molecule has 1 saturated heterocycles. The Bertz CT molecular complexity index is 970. The highest BCUT2D eigenvalue weighted by Crippen LogP contribution is 2.23. The summed E-state index contributed by atoms with van der Waals surface area (Å²) >= 11 is 0. The highest BCUT2D eigenvalue weighted by atomic mass is 16.5. The minimum atomic E-state index is -0.951. The van der Waals surface area contributed by atoms with Gasteiger partial charge in [0.05, 0.1) is 20.3 Å². The molecule has 1 unspecified atom stereocenters. The smallest absolute Gasteiger partial charge is 0.325 e. The second-order valence-corrected chi connectivity index (χ2v) is 8.21. The van der Waals surface area contributed by atoms with Crippen molar-refractivity contribution in [1.82, 2.24) is 15.5 Å². The van der Waals surface area contributed by atoms with Gasteiger partial charge in [0.15, 0.2) is 0 Å². The summed E-state index contributed by atoms with van der Waals surface area (Å²) in [6, 6.07) is 14.4. The van der Waals surface area contributed by atoms with E-state index in [2.05, 4.69) is 10.6 Å². The Morgan fingerprint density at radius 3 is 2.06 bits per heavy atom. The van der Waals surface area contributed by atoms with E-state index < -0.39 is 11.6 Å². The Kier molecular flexibility index (Phi) is 7.02. The number of carbonyl (C=O) groups excluding carboxylic acids is 3. The number of nitrogens with zero attached hydrogens (tertiary/aromatic N) is 1. The first-order chi connectivity index (χ1) is 15.2. The molecule has 0 aliphatic carbocycles. The second-order valence-electron chi connectivity index (χ2n) is 8.21. The monoisotopic (exact) mass is 439 g/mol. The normalized spacial score (nSPS) is 15.8. The highest BCUT2D eigenvalue weighted by molar-refractivity contribution is 6.06. The number of benzene rings is 2. The molecule has 1 fully saturated rings. The third-order valence-corrected chi connectivity index (χ3v) is 5.46. The van der Waals surface area contributed by atoms with Gasteiger partial charge in [-0.05, 0) is 55.7 Å². The van der Waals surface area contributed by atoms with Crippen molar-refractivity contribution in [1.29, 1.82) is 0 Å². The number of hydrogen-bond donors (Lipinski definition) is 2. The van der Waals surface area contributed by atoms with E-state index in [9.17, 15) is 14.4 Å². The van der Waals surface area contributed by atoms with Crippen LogP contribution in [0.2, 0.25) is 0 Å². The average Bonchev–Trinajstić information content (AvgIpc) is 2.98. The molecule has 1 heterocycles. The molecule has 4 amide bonds. The van der Waals surface area contributed by atoms with Crippen molar-refractivity contribution in [2.24, 2.45) is 0 Å². The quantitative estimate of drug-likeness (QED) is 0.586. The molecule has 8 heteroatoms. The molecule has 2 N–H and O–H groups in total. The third kappa shape index (κ3) is 5.38. The van der Waals surface area contributed by atoms with Crippen molar-refractivity contribution in [2.45, 2.75) is 38.3 Å². The van der Waals surface area contributed by atoms with Crippen LogP contribution in [0.4, 0.5) is 4.79 Å². The van der Waals surface area contributed by atoms with Gasteiger partial charge in [0, 0.05) is 13.0 Å². The van der Waals surface area contributed by atoms with Crippen molar-refractivity contribution in [3.05, 3.63) is 59.7 Å². The summed E-state index contributed by atoms with van der Waals surface area (Å²) < 4.78 is 10.4. The van der Waals surface area contributed by atoms with E-state index in [0.717, 1.165) is 27.5 Å². The largest absolute Gasteiger partial charge is 0.497 e. The zero-order chi connectivity index (χ0) is 23.3. The minimum Gasteiger partial charge on any atom is -0.497 e. The first-order valence-electron chi connectivity index (χ1n) is 10.4. The summed E-state index contributed by atoms with van der Waals surface area (Å²) in [4.78, 5) is 38.2. The molecule has 1 aliphatic heterocycles. The molecule has 3 rings (SSSR count). The predicted molar refractivity (Wildman–Crippen MR) is 120 cm³/mol. The van der Waals surface area contributed by atoms with Crippen molar-refractivity contribution in [3.8, 4) is 11.5 Å². The standard InChI is InChI=1S/C24H29N3O5/c1-24(2)22(29)27(23(30)26-24)14-13-21(28)25-20(17-7-11-19(32-4)12-8-17)15-16-5-9-18(31-3)10-6-16/h5-12,20H,13-15H2,1-4H3,(H,25,28)(H,26,30). The highest BCUT2D eigenvalue weighted by Gasteiger charge is 2.44. The van der Waals surface area contributed by atoms with Gasteiger partial charge in [-0.3, -0.25) is 14.5 Å². The third-order valence-electron chi connectivity index (χ3n) is 5.46. The lowest BCUT2D eigenvalue weighted by Gasteiger charge is -2.21. The number of methoxy groups -OCH3 is 2. The molecule has 2 aromatic rings. The van der Waals surface area contributed by atoms with Crippen molar-refractivity contribution in [2.75, 3.05) is 20.8 Å². The van der Waals surface area contributed by atoms with Crippen LogP contribution < -0.4 is 20.1 Å². The lowest BCUT2D eigenvalue weighted by atomic mass is 9.98. The summed E-state index contributed by atoms with van der Waals surface area (Å²) in [6.07, 6.45) is 0.586. The lowest BCUT2D eigenvalue weighted by molar-refractivity contribution is -0.130. The van der Waals surface area contributed by atoms with Crippen molar-refractivity contribution < 1.29 is 23.9 Å². The zero-order valence-corrected chi connectivity index (χ0v) is 18.8. The van der Waals surface area contributed by atoms with E-state index >= 15 is 0 Å². The maximum absolute atomic E-state index is 12.7. The molecule has 8 nitrogen and oxygen atoms in total. The van der Waals surface area contributed by atoms with Crippen LogP contribution in [0.15, 0.2) is 48.5 Å². The molecular weight excluding hydrogens is 410 g/mol. The molecule has 0 radical (unpaired) electrons. The number of carbonyl (C=O) groups is 3. The number of imide groups is 1. The lowest BCUT2D eigenvalue weighted by Crippen LogP contribution is -2.41. The van der Waals surface area contributed by atoms with Crippen LogP contribution in [0.25, 0.3) is 0 Å². The second kappa shape index (κ2) is 9.72. The van der Waals surface area contributed by atoms with Crippen LogP contribution in [0.1, 0.15) is 37.4 Å². The number of ether oxygens (including phenoxy) is 2. The topological polar surface area (TPSA) is 97.0 Å². The SMILES string of the molecule is COc1ccc(CC(NC(=O)CCN2C(=O)NC(C)(C)C2=O)c2ccc(OC)cc2)cc1. The molecule has 0 bridgehead atoms. The van der Waals surface area contributed by atoms with Crippen molar-refractivity contribution >= 4 is 17.8 Å². The Hall–Kier alpha value is -3.55. The Balaban J connectivity index is 1.70. The van der Waals surface area contributed by atoms with Gasteiger partial charge in [0.25, 0.3) is 5.91 Å². The number of rotatable bonds is 9. The maximum Gasteiger partial charge on any atom is 0.325 e. The summed E-state index contributed by atoms with van der Waals surface area (Å²) in [7, 11) is 3.21. The fourth-order valence-electron chi connectivity index (χ4n) is 3.59. The maximum atomic E-state index is 12.7. The number of nitrogens with one attached hydrogen (secondary N) is 2. The summed E-state index contributed by atoms with van der Waals surface area (Å²) in [5, 5.41) is 5.66. The Morgan fingerprint density at radius 2 is 1.56 bits per heavy atom. The fraction of sp³-hybridized carbons (Fsp3) is 0.375. The van der Waals surface area contributed by atoms with E-state index in [1.807, 2.05) is 48.5 Å². The first-order valence-corrected chi connectivity index (χ1v) is 10.4. The van der Waals surface area contributed by atoms with Crippen LogP contribution in [-0.2, 0) is 16.0 Å². The van der Waals surface area contributed by atoms with E-state index in [4.69, 9.17) is 9.47 Å². The van der Waals surface area contributed by atoms with Gasteiger partial charge in [-0.1, -0.05) is 24.3 Å². The van der Waals surface area contributed by atoms with Crippen LogP contribution in [0.5, 0.6) is 11.5 Å². The molecule has 1 atom stereocenters. The van der Waals surface area contributed by atoms with Crippen LogP contribution in [0, 0.1) is 0 Å².